The zero-order valence-corrected chi connectivity index (χ0v) is 21.7. The van der Waals surface area contributed by atoms with Crippen LogP contribution < -0.4 is 0 Å². The Bertz CT molecular complexity index is 1180. The van der Waals surface area contributed by atoms with Crippen molar-refractivity contribution in [2.45, 2.75) is 75.9 Å². The smallest absolute Gasteiger partial charge is 0.384 e. The Morgan fingerprint density at radius 3 is 2.45 bits per heavy atom. The van der Waals surface area contributed by atoms with Gasteiger partial charge in [-0.1, -0.05) is 18.2 Å². The Kier molecular flexibility index (Phi) is 7.30. The number of carbonyl (C=O) groups is 1. The molecule has 0 saturated carbocycles. The fourth-order valence-corrected chi connectivity index (χ4v) is 6.24. The van der Waals surface area contributed by atoms with E-state index in [1.54, 1.807) is 13.0 Å². The van der Waals surface area contributed by atoms with E-state index in [2.05, 4.69) is 4.90 Å². The predicted molar refractivity (Wildman–Crippen MR) is 134 cm³/mol. The summed E-state index contributed by atoms with van der Waals surface area (Å²) in [6, 6.07) is 8.87. The maximum absolute atomic E-state index is 13.6. The molecule has 1 N–H and O–H groups in total. The van der Waals surface area contributed by atoms with Gasteiger partial charge in [-0.05, 0) is 99.0 Å². The van der Waals surface area contributed by atoms with Crippen LogP contribution in [0.1, 0.15) is 66.3 Å². The number of amides is 1. The molecule has 0 aliphatic carbocycles. The standard InChI is InChI=1S/C29H34F4N2O3/c1-18-13-20(3-7-25(18)30)19-9-11-34(12-10-19)23-5-8-26(38-16-23)27(36)35-15-21-14-22(29(31,32)33)4-6-24(21)28(2,37)17-35/h3-4,6-7,13-14,19,23,26,37H,5,8-12,15-17H2,1-2H3/t23?,26?,28-/m1/s1. The summed E-state index contributed by atoms with van der Waals surface area (Å²) in [7, 11) is 0. The van der Waals surface area contributed by atoms with E-state index in [0.717, 1.165) is 44.5 Å². The minimum Gasteiger partial charge on any atom is -0.384 e. The van der Waals surface area contributed by atoms with Crippen molar-refractivity contribution in [1.82, 2.24) is 9.80 Å². The summed E-state index contributed by atoms with van der Waals surface area (Å²) in [5, 5.41) is 10.9. The Hall–Kier alpha value is -2.49. The van der Waals surface area contributed by atoms with Crippen LogP contribution in [-0.4, -0.2) is 59.2 Å². The Morgan fingerprint density at radius 1 is 1.08 bits per heavy atom. The molecule has 0 spiro atoms. The van der Waals surface area contributed by atoms with E-state index >= 15 is 0 Å². The molecular formula is C29H34F4N2O3. The molecule has 9 heteroatoms. The number of halogens is 4. The van der Waals surface area contributed by atoms with Crippen molar-refractivity contribution < 1.29 is 32.2 Å². The lowest BCUT2D eigenvalue weighted by molar-refractivity contribution is -0.155. The lowest BCUT2D eigenvalue weighted by atomic mass is 9.85. The van der Waals surface area contributed by atoms with Crippen LogP contribution in [0.25, 0.3) is 0 Å². The molecule has 206 valence electrons. The number of rotatable bonds is 3. The molecule has 5 rings (SSSR count). The number of aliphatic hydroxyl groups is 1. The van der Waals surface area contributed by atoms with Gasteiger partial charge in [-0.3, -0.25) is 9.69 Å². The van der Waals surface area contributed by atoms with Crippen molar-refractivity contribution in [3.63, 3.8) is 0 Å². The van der Waals surface area contributed by atoms with Crippen LogP contribution >= 0.6 is 0 Å². The SMILES string of the molecule is Cc1cc(C2CCN(C3CCC(C(=O)N4Cc5cc(C(F)(F)F)ccc5[C@](C)(O)C4)OC3)CC2)ccc1F. The summed E-state index contributed by atoms with van der Waals surface area (Å²) in [5.74, 6) is -0.0766. The van der Waals surface area contributed by atoms with Crippen LogP contribution in [0.4, 0.5) is 17.6 Å². The number of β-amino-alcohol motifs (C(OH)–C–C–N with tert-alkyl or cyclic N) is 1. The average molecular weight is 535 g/mol. The molecule has 3 aliphatic heterocycles. The molecule has 1 amide bonds. The van der Waals surface area contributed by atoms with Gasteiger partial charge in [0.25, 0.3) is 5.91 Å². The third-order valence-electron chi connectivity index (χ3n) is 8.41. The van der Waals surface area contributed by atoms with E-state index in [1.165, 1.54) is 23.5 Å². The molecule has 0 radical (unpaired) electrons. The highest BCUT2D eigenvalue weighted by atomic mass is 19.4. The molecule has 3 atom stereocenters. The number of piperidine rings is 1. The molecular weight excluding hydrogens is 500 g/mol. The third-order valence-corrected chi connectivity index (χ3v) is 8.41. The van der Waals surface area contributed by atoms with E-state index in [4.69, 9.17) is 4.74 Å². The number of hydrogen-bond acceptors (Lipinski definition) is 4. The van der Waals surface area contributed by atoms with E-state index in [1.807, 2.05) is 12.1 Å². The fraction of sp³-hybridized carbons (Fsp3) is 0.552. The van der Waals surface area contributed by atoms with Crippen LogP contribution in [0.2, 0.25) is 0 Å². The minimum atomic E-state index is -4.50. The van der Waals surface area contributed by atoms with Crippen LogP contribution in [0, 0.1) is 12.7 Å². The zero-order chi connectivity index (χ0) is 27.2. The average Bonchev–Trinajstić information content (AvgIpc) is 2.89. The van der Waals surface area contributed by atoms with Gasteiger partial charge in [0.05, 0.1) is 18.7 Å². The van der Waals surface area contributed by atoms with Gasteiger partial charge in [0.1, 0.15) is 17.5 Å². The van der Waals surface area contributed by atoms with Crippen molar-refractivity contribution in [2.24, 2.45) is 0 Å². The highest BCUT2D eigenvalue weighted by Gasteiger charge is 2.41. The van der Waals surface area contributed by atoms with Crippen LogP contribution in [0.15, 0.2) is 36.4 Å². The van der Waals surface area contributed by atoms with E-state index in [-0.39, 0.29) is 30.9 Å². The van der Waals surface area contributed by atoms with E-state index in [9.17, 15) is 27.5 Å². The van der Waals surface area contributed by atoms with Crippen molar-refractivity contribution >= 4 is 5.91 Å². The second-order valence-electron chi connectivity index (χ2n) is 11.2. The normalized spacial score (nSPS) is 27.3. The first-order valence-corrected chi connectivity index (χ1v) is 13.3. The molecule has 5 nitrogen and oxygen atoms in total. The molecule has 3 heterocycles. The first-order valence-electron chi connectivity index (χ1n) is 13.3. The number of alkyl halides is 3. The molecule has 2 aromatic carbocycles. The number of carbonyl (C=O) groups excluding carboxylic acids is 1. The van der Waals surface area contributed by atoms with Crippen molar-refractivity contribution in [3.05, 3.63) is 70.0 Å². The van der Waals surface area contributed by atoms with Gasteiger partial charge < -0.3 is 14.7 Å². The van der Waals surface area contributed by atoms with Crippen LogP contribution in [-0.2, 0) is 27.9 Å². The van der Waals surface area contributed by atoms with E-state index < -0.39 is 23.4 Å². The summed E-state index contributed by atoms with van der Waals surface area (Å²) in [6.45, 7) is 5.54. The first kappa shape index (κ1) is 27.1. The highest BCUT2D eigenvalue weighted by Crippen LogP contribution is 2.38. The van der Waals surface area contributed by atoms with Gasteiger partial charge in [-0.2, -0.15) is 13.2 Å². The van der Waals surface area contributed by atoms with Crippen molar-refractivity contribution in [1.29, 1.82) is 0 Å². The second-order valence-corrected chi connectivity index (χ2v) is 11.2. The number of hydrogen-bond donors (Lipinski definition) is 1. The molecule has 2 saturated heterocycles. The maximum atomic E-state index is 13.6. The fourth-order valence-electron chi connectivity index (χ4n) is 6.24. The number of likely N-dealkylation sites (tertiary alicyclic amines) is 1. The summed E-state index contributed by atoms with van der Waals surface area (Å²) >= 11 is 0. The summed E-state index contributed by atoms with van der Waals surface area (Å²) in [6.07, 6.45) is -1.90. The summed E-state index contributed by atoms with van der Waals surface area (Å²) < 4.78 is 59.4. The van der Waals surface area contributed by atoms with Crippen molar-refractivity contribution in [3.8, 4) is 0 Å². The van der Waals surface area contributed by atoms with Gasteiger partial charge in [-0.25, -0.2) is 4.39 Å². The molecule has 2 aromatic rings. The molecule has 0 aromatic heterocycles. The Labute approximate surface area is 220 Å². The Balaban J connectivity index is 1.17. The molecule has 38 heavy (non-hydrogen) atoms. The van der Waals surface area contributed by atoms with Gasteiger partial charge in [-0.15, -0.1) is 0 Å². The molecule has 3 aliphatic rings. The number of ether oxygens (including phenoxy) is 1. The number of fused-ring (bicyclic) bond motifs is 1. The quantitative estimate of drug-likeness (QED) is 0.555. The Morgan fingerprint density at radius 2 is 1.82 bits per heavy atom. The summed E-state index contributed by atoms with van der Waals surface area (Å²) in [4.78, 5) is 17.1. The molecule has 2 fully saturated rings. The van der Waals surface area contributed by atoms with Gasteiger partial charge in [0, 0.05) is 12.6 Å². The highest BCUT2D eigenvalue weighted by molar-refractivity contribution is 5.81. The monoisotopic (exact) mass is 534 g/mol. The van der Waals surface area contributed by atoms with Crippen molar-refractivity contribution in [2.75, 3.05) is 26.2 Å². The lowest BCUT2D eigenvalue weighted by Gasteiger charge is -2.43. The first-order chi connectivity index (χ1) is 17.9. The third kappa shape index (κ3) is 5.46. The number of benzene rings is 2. The minimum absolute atomic E-state index is 0.00383. The number of aryl methyl sites for hydroxylation is 1. The predicted octanol–water partition coefficient (Wildman–Crippen LogP) is 5.13. The molecule has 2 unspecified atom stereocenters. The lowest BCUT2D eigenvalue weighted by Crippen LogP contribution is -2.53. The van der Waals surface area contributed by atoms with E-state index in [0.29, 0.717) is 35.6 Å². The topological polar surface area (TPSA) is 53.0 Å². The molecule has 0 bridgehead atoms. The van der Waals surface area contributed by atoms with Gasteiger partial charge in [0.2, 0.25) is 0 Å². The van der Waals surface area contributed by atoms with Gasteiger partial charge >= 0.3 is 6.18 Å². The van der Waals surface area contributed by atoms with Gasteiger partial charge in [0.15, 0.2) is 0 Å². The maximum Gasteiger partial charge on any atom is 0.416 e. The zero-order valence-electron chi connectivity index (χ0n) is 21.7. The second kappa shape index (κ2) is 10.2. The van der Waals surface area contributed by atoms with Crippen LogP contribution in [0.3, 0.4) is 0 Å². The largest absolute Gasteiger partial charge is 0.416 e. The van der Waals surface area contributed by atoms with Crippen LogP contribution in [0.5, 0.6) is 0 Å². The number of nitrogens with zero attached hydrogens (tertiary/aromatic N) is 2. The summed E-state index contributed by atoms with van der Waals surface area (Å²) in [5.41, 5.74) is 0.321.